The van der Waals surface area contributed by atoms with Crippen molar-refractivity contribution in [1.29, 1.82) is 0 Å². The number of hydrogen-bond acceptors (Lipinski definition) is 3. The second-order valence-corrected chi connectivity index (χ2v) is 6.32. The maximum atomic E-state index is 12.1. The zero-order valence-electron chi connectivity index (χ0n) is 12.1. The minimum Gasteiger partial charge on any atom is -0.273 e. The van der Waals surface area contributed by atoms with Gasteiger partial charge in [-0.05, 0) is 49.1 Å². The number of nitrogens with zero attached hydrogens (tertiary/aromatic N) is 1. The molecule has 4 nitrogen and oxygen atoms in total. The van der Waals surface area contributed by atoms with Crippen LogP contribution in [0.3, 0.4) is 0 Å². The van der Waals surface area contributed by atoms with Gasteiger partial charge >= 0.3 is 0 Å². The molecule has 0 saturated carbocycles. The monoisotopic (exact) mass is 294 g/mol. The van der Waals surface area contributed by atoms with Gasteiger partial charge in [-0.15, -0.1) is 11.3 Å². The van der Waals surface area contributed by atoms with Crippen LogP contribution in [-0.2, 0) is 9.59 Å². The van der Waals surface area contributed by atoms with Crippen molar-refractivity contribution in [3.05, 3.63) is 21.9 Å². The molecule has 1 fully saturated rings. The number of amides is 2. The Bertz CT molecular complexity index is 484. The van der Waals surface area contributed by atoms with Crippen LogP contribution in [0, 0.1) is 6.92 Å². The predicted molar refractivity (Wildman–Crippen MR) is 80.4 cm³/mol. The van der Waals surface area contributed by atoms with Crippen molar-refractivity contribution < 1.29 is 9.59 Å². The van der Waals surface area contributed by atoms with Crippen molar-refractivity contribution in [3.63, 3.8) is 0 Å². The van der Waals surface area contributed by atoms with Crippen molar-refractivity contribution in [3.8, 4) is 0 Å². The molecule has 1 aliphatic rings. The van der Waals surface area contributed by atoms with Gasteiger partial charge in [0.15, 0.2) is 0 Å². The lowest BCUT2D eigenvalue weighted by molar-refractivity contribution is -0.141. The summed E-state index contributed by atoms with van der Waals surface area (Å²) in [5.74, 6) is 0.405. The summed E-state index contributed by atoms with van der Waals surface area (Å²) in [6, 6.07) is 2.21. The summed E-state index contributed by atoms with van der Waals surface area (Å²) in [4.78, 5) is 25.0. The van der Waals surface area contributed by atoms with Gasteiger partial charge in [0, 0.05) is 24.3 Å². The summed E-state index contributed by atoms with van der Waals surface area (Å²) in [5, 5.41) is 3.67. The molecule has 20 heavy (non-hydrogen) atoms. The highest BCUT2D eigenvalue weighted by Crippen LogP contribution is 2.32. The first-order valence-electron chi connectivity index (χ1n) is 7.25. The van der Waals surface area contributed by atoms with Gasteiger partial charge in [0.2, 0.25) is 11.8 Å². The molecular formula is C15H22N2O2S. The number of carbonyl (C=O) groups is 2. The minimum atomic E-state index is -0.0636. The number of aryl methyl sites for hydroxylation is 1. The molecule has 1 N–H and O–H groups in total. The molecule has 0 spiro atoms. The third kappa shape index (κ3) is 3.82. The van der Waals surface area contributed by atoms with E-state index in [2.05, 4.69) is 23.8 Å². The van der Waals surface area contributed by atoms with Crippen molar-refractivity contribution in [1.82, 2.24) is 10.4 Å². The Labute approximate surface area is 124 Å². The lowest BCUT2D eigenvalue weighted by atomic mass is 9.98. The van der Waals surface area contributed by atoms with Gasteiger partial charge in [0.05, 0.1) is 0 Å². The molecule has 2 heterocycles. The third-order valence-corrected chi connectivity index (χ3v) is 4.81. The zero-order chi connectivity index (χ0) is 14.5. The van der Waals surface area contributed by atoms with E-state index in [1.807, 2.05) is 6.92 Å². The normalized spacial score (nSPS) is 19.8. The van der Waals surface area contributed by atoms with Crippen LogP contribution < -0.4 is 5.43 Å². The highest BCUT2D eigenvalue weighted by molar-refractivity contribution is 7.10. The second-order valence-electron chi connectivity index (χ2n) is 5.38. The van der Waals surface area contributed by atoms with Crippen LogP contribution in [0.1, 0.15) is 55.4 Å². The van der Waals surface area contributed by atoms with Gasteiger partial charge in [-0.3, -0.25) is 20.0 Å². The molecule has 2 amide bonds. The topological polar surface area (TPSA) is 49.4 Å². The van der Waals surface area contributed by atoms with Crippen molar-refractivity contribution in [2.45, 2.75) is 51.9 Å². The fourth-order valence-electron chi connectivity index (χ4n) is 2.49. The van der Waals surface area contributed by atoms with Crippen LogP contribution in [0.4, 0.5) is 0 Å². The number of thiophene rings is 1. The Morgan fingerprint density at radius 1 is 1.50 bits per heavy atom. The van der Waals surface area contributed by atoms with Gasteiger partial charge < -0.3 is 0 Å². The molecule has 0 radical (unpaired) electrons. The van der Waals surface area contributed by atoms with Gasteiger partial charge in [-0.25, -0.2) is 0 Å². The lowest BCUT2D eigenvalue weighted by Crippen LogP contribution is -2.45. The third-order valence-electron chi connectivity index (χ3n) is 3.60. The van der Waals surface area contributed by atoms with E-state index in [9.17, 15) is 9.59 Å². The zero-order valence-corrected chi connectivity index (χ0v) is 13.0. The van der Waals surface area contributed by atoms with Crippen LogP contribution in [0.15, 0.2) is 11.4 Å². The Morgan fingerprint density at radius 3 is 2.95 bits per heavy atom. The second kappa shape index (κ2) is 6.88. The summed E-state index contributed by atoms with van der Waals surface area (Å²) in [5.41, 5.74) is 4.02. The fourth-order valence-corrected chi connectivity index (χ4v) is 3.56. The Kier molecular flexibility index (Phi) is 5.17. The van der Waals surface area contributed by atoms with E-state index >= 15 is 0 Å². The Hall–Kier alpha value is -1.36. The SMILES string of the molecule is CCCC(=O)NN1CCC(c2cc(C)cs2)CCC1=O. The largest absolute Gasteiger partial charge is 0.273 e. The molecule has 110 valence electrons. The highest BCUT2D eigenvalue weighted by atomic mass is 32.1. The molecule has 1 aromatic heterocycles. The molecule has 0 aromatic carbocycles. The maximum Gasteiger partial charge on any atom is 0.240 e. The smallest absolute Gasteiger partial charge is 0.240 e. The van der Waals surface area contributed by atoms with Gasteiger partial charge in [-0.2, -0.15) is 0 Å². The van der Waals surface area contributed by atoms with Crippen LogP contribution in [0.25, 0.3) is 0 Å². The van der Waals surface area contributed by atoms with E-state index in [-0.39, 0.29) is 11.8 Å². The highest BCUT2D eigenvalue weighted by Gasteiger charge is 2.25. The van der Waals surface area contributed by atoms with E-state index in [0.717, 1.165) is 19.3 Å². The van der Waals surface area contributed by atoms with Gasteiger partial charge in [0.25, 0.3) is 0 Å². The number of hydrazine groups is 1. The van der Waals surface area contributed by atoms with Crippen LogP contribution in [0.2, 0.25) is 0 Å². The van der Waals surface area contributed by atoms with Gasteiger partial charge in [0.1, 0.15) is 0 Å². The molecule has 1 atom stereocenters. The standard InChI is InChI=1S/C15H22N2O2S/c1-3-4-14(18)16-17-8-7-12(5-6-15(17)19)13-9-11(2)10-20-13/h9-10,12H,3-8H2,1-2H3,(H,16,18). The van der Waals surface area contributed by atoms with Crippen LogP contribution in [0.5, 0.6) is 0 Å². The molecule has 2 rings (SSSR count). The quantitative estimate of drug-likeness (QED) is 0.928. The van der Waals surface area contributed by atoms with Crippen LogP contribution in [-0.4, -0.2) is 23.4 Å². The van der Waals surface area contributed by atoms with Crippen molar-refractivity contribution in [2.24, 2.45) is 0 Å². The Morgan fingerprint density at radius 2 is 2.30 bits per heavy atom. The van der Waals surface area contributed by atoms with Crippen molar-refractivity contribution in [2.75, 3.05) is 6.54 Å². The average molecular weight is 294 g/mol. The summed E-state index contributed by atoms with van der Waals surface area (Å²) < 4.78 is 0. The lowest BCUT2D eigenvalue weighted by Gasteiger charge is -2.21. The molecule has 1 saturated heterocycles. The number of hydrogen-bond donors (Lipinski definition) is 1. The van der Waals surface area contributed by atoms with E-state index in [1.165, 1.54) is 15.4 Å². The van der Waals surface area contributed by atoms with E-state index < -0.39 is 0 Å². The first-order chi connectivity index (χ1) is 9.60. The van der Waals surface area contributed by atoms with E-state index in [1.54, 1.807) is 11.3 Å². The fraction of sp³-hybridized carbons (Fsp3) is 0.600. The number of rotatable bonds is 4. The Balaban J connectivity index is 1.96. The molecule has 1 unspecified atom stereocenters. The summed E-state index contributed by atoms with van der Waals surface area (Å²) in [6.45, 7) is 4.66. The summed E-state index contributed by atoms with van der Waals surface area (Å²) in [7, 11) is 0. The molecule has 1 aliphatic heterocycles. The van der Waals surface area contributed by atoms with E-state index in [4.69, 9.17) is 0 Å². The first kappa shape index (κ1) is 15.0. The maximum absolute atomic E-state index is 12.1. The van der Waals surface area contributed by atoms with E-state index in [0.29, 0.717) is 25.3 Å². The molecule has 0 bridgehead atoms. The molecule has 1 aromatic rings. The van der Waals surface area contributed by atoms with Crippen molar-refractivity contribution >= 4 is 23.2 Å². The number of nitrogens with one attached hydrogen (secondary N) is 1. The summed E-state index contributed by atoms with van der Waals surface area (Å²) >= 11 is 1.77. The van der Waals surface area contributed by atoms with Crippen LogP contribution >= 0.6 is 11.3 Å². The first-order valence-corrected chi connectivity index (χ1v) is 8.13. The molecule has 0 aliphatic carbocycles. The summed E-state index contributed by atoms with van der Waals surface area (Å²) in [6.07, 6.45) is 3.56. The minimum absolute atomic E-state index is 0.0326. The number of carbonyl (C=O) groups excluding carboxylic acids is 2. The molecule has 5 heteroatoms. The average Bonchev–Trinajstić information content (AvgIpc) is 2.75. The predicted octanol–water partition coefficient (Wildman–Crippen LogP) is 2.98. The molecular weight excluding hydrogens is 272 g/mol. The van der Waals surface area contributed by atoms with Gasteiger partial charge in [-0.1, -0.05) is 6.92 Å².